The lowest BCUT2D eigenvalue weighted by Crippen LogP contribution is -2.38. The first-order valence-corrected chi connectivity index (χ1v) is 4.58. The highest BCUT2D eigenvalue weighted by Gasteiger charge is 2.25. The second kappa shape index (κ2) is 4.23. The van der Waals surface area contributed by atoms with Crippen LogP contribution < -0.4 is 16.1 Å². The van der Waals surface area contributed by atoms with Gasteiger partial charge in [0.1, 0.15) is 12.5 Å². The Labute approximate surface area is 79.7 Å². The van der Waals surface area contributed by atoms with Crippen LogP contribution in [0.15, 0.2) is 11.6 Å². The molecule has 0 spiro atoms. The highest BCUT2D eigenvalue weighted by Crippen LogP contribution is 2.16. The van der Waals surface area contributed by atoms with Crippen LogP contribution in [0.2, 0.25) is 0 Å². The predicted octanol–water partition coefficient (Wildman–Crippen LogP) is -0.719. The molecule has 0 aromatic rings. The third kappa shape index (κ3) is 1.65. The predicted molar refractivity (Wildman–Crippen MR) is 53.3 cm³/mol. The van der Waals surface area contributed by atoms with Crippen LogP contribution in [-0.2, 0) is 0 Å². The summed E-state index contributed by atoms with van der Waals surface area (Å²) >= 11 is 0. The van der Waals surface area contributed by atoms with Crippen molar-refractivity contribution in [2.75, 3.05) is 34.4 Å². The van der Waals surface area contributed by atoms with E-state index in [1.54, 1.807) is 0 Å². The minimum atomic E-state index is 0.874. The number of rotatable bonds is 4. The fourth-order valence-electron chi connectivity index (χ4n) is 1.56. The molecule has 0 aliphatic carbocycles. The van der Waals surface area contributed by atoms with Gasteiger partial charge in [-0.3, -0.25) is 5.01 Å². The maximum absolute atomic E-state index is 3.19. The molecule has 0 saturated heterocycles. The summed E-state index contributed by atoms with van der Waals surface area (Å²) in [7, 11) is 5.79. The zero-order chi connectivity index (χ0) is 9.84. The Balaban J connectivity index is 2.84. The first kappa shape index (κ1) is 9.98. The molecular weight excluding hydrogens is 166 g/mol. The monoisotopic (exact) mass is 185 g/mol. The minimum Gasteiger partial charge on any atom is -0.372 e. The third-order valence-corrected chi connectivity index (χ3v) is 2.25. The fraction of sp³-hybridized carbons (Fsp3) is 0.750. The van der Waals surface area contributed by atoms with Gasteiger partial charge in [-0.1, -0.05) is 0 Å². The van der Waals surface area contributed by atoms with Crippen molar-refractivity contribution in [2.45, 2.75) is 6.92 Å². The van der Waals surface area contributed by atoms with Crippen molar-refractivity contribution in [3.05, 3.63) is 11.6 Å². The van der Waals surface area contributed by atoms with Crippen molar-refractivity contribution in [2.24, 2.45) is 0 Å². The van der Waals surface area contributed by atoms with Crippen molar-refractivity contribution in [3.63, 3.8) is 0 Å². The molecule has 0 saturated carbocycles. The van der Waals surface area contributed by atoms with Crippen molar-refractivity contribution >= 4 is 0 Å². The Hall–Kier alpha value is -1.10. The Morgan fingerprint density at radius 3 is 2.15 bits per heavy atom. The normalized spacial score (nSPS) is 16.9. The van der Waals surface area contributed by atoms with E-state index in [0.717, 1.165) is 24.9 Å². The maximum atomic E-state index is 3.19. The van der Waals surface area contributed by atoms with Crippen LogP contribution in [0.4, 0.5) is 0 Å². The Kier molecular flexibility index (Phi) is 3.25. The molecule has 0 amide bonds. The van der Waals surface area contributed by atoms with Crippen molar-refractivity contribution in [3.8, 4) is 0 Å². The minimum absolute atomic E-state index is 0.874. The molecule has 5 heteroatoms. The molecule has 0 bridgehead atoms. The zero-order valence-corrected chi connectivity index (χ0v) is 8.81. The number of hydrazine groups is 1. The summed E-state index contributed by atoms with van der Waals surface area (Å²) < 4.78 is 0. The van der Waals surface area contributed by atoms with E-state index >= 15 is 0 Å². The quantitative estimate of drug-likeness (QED) is 0.539. The smallest absolute Gasteiger partial charge is 0.159 e. The summed E-state index contributed by atoms with van der Waals surface area (Å²) in [6.07, 6.45) is 0. The first-order chi connectivity index (χ1) is 6.28. The molecule has 0 aromatic heterocycles. The molecule has 1 aliphatic rings. The molecular formula is C8H19N5. The van der Waals surface area contributed by atoms with E-state index < -0.39 is 0 Å². The van der Waals surface area contributed by atoms with E-state index in [1.807, 2.05) is 21.1 Å². The van der Waals surface area contributed by atoms with Gasteiger partial charge in [0.15, 0.2) is 5.82 Å². The van der Waals surface area contributed by atoms with Gasteiger partial charge in [-0.25, -0.2) is 5.43 Å². The average Bonchev–Trinajstić information content (AvgIpc) is 2.54. The van der Waals surface area contributed by atoms with Gasteiger partial charge in [0.25, 0.3) is 0 Å². The third-order valence-electron chi connectivity index (χ3n) is 2.25. The van der Waals surface area contributed by atoms with Crippen LogP contribution in [0.25, 0.3) is 0 Å². The van der Waals surface area contributed by atoms with Gasteiger partial charge in [0, 0.05) is 27.7 Å². The molecule has 3 N–H and O–H groups in total. The van der Waals surface area contributed by atoms with Crippen molar-refractivity contribution in [1.29, 1.82) is 0 Å². The molecule has 0 unspecified atom stereocenters. The van der Waals surface area contributed by atoms with Crippen LogP contribution >= 0.6 is 0 Å². The molecule has 0 atom stereocenters. The lowest BCUT2D eigenvalue weighted by molar-refractivity contribution is 0.199. The second-order valence-corrected chi connectivity index (χ2v) is 2.85. The number of nitrogens with one attached hydrogen (secondary N) is 3. The number of hydrogen-bond acceptors (Lipinski definition) is 5. The standard InChI is InChI=1S/C8H19N5/c1-5-12-6-13(11-4)8(10-3)7(12)9-2/h9-11H,5-6H2,1-4H3. The van der Waals surface area contributed by atoms with Gasteiger partial charge in [0.05, 0.1) is 0 Å². The van der Waals surface area contributed by atoms with E-state index in [-0.39, 0.29) is 0 Å². The van der Waals surface area contributed by atoms with Gasteiger partial charge < -0.3 is 15.5 Å². The zero-order valence-electron chi connectivity index (χ0n) is 8.81. The fourth-order valence-corrected chi connectivity index (χ4v) is 1.56. The van der Waals surface area contributed by atoms with Gasteiger partial charge in [-0.15, -0.1) is 0 Å². The average molecular weight is 185 g/mol. The number of nitrogens with zero attached hydrogens (tertiary/aromatic N) is 2. The van der Waals surface area contributed by atoms with Gasteiger partial charge >= 0.3 is 0 Å². The topological polar surface area (TPSA) is 42.6 Å². The Morgan fingerprint density at radius 2 is 1.77 bits per heavy atom. The highest BCUT2D eigenvalue weighted by atomic mass is 15.6. The summed E-state index contributed by atoms with van der Waals surface area (Å²) in [6, 6.07) is 0. The van der Waals surface area contributed by atoms with Gasteiger partial charge in [-0.2, -0.15) is 0 Å². The molecule has 0 aromatic carbocycles. The van der Waals surface area contributed by atoms with Crippen molar-refractivity contribution < 1.29 is 0 Å². The molecule has 13 heavy (non-hydrogen) atoms. The molecule has 1 heterocycles. The van der Waals surface area contributed by atoms with Crippen LogP contribution in [0.1, 0.15) is 6.92 Å². The lowest BCUT2D eigenvalue weighted by atomic mass is 10.5. The summed E-state index contributed by atoms with van der Waals surface area (Å²) in [5.74, 6) is 2.23. The lowest BCUT2D eigenvalue weighted by Gasteiger charge is -2.21. The Bertz CT molecular complexity index is 181. The SMILES string of the molecule is CCN1CN(NC)C(NC)=C1NC. The molecule has 5 nitrogen and oxygen atoms in total. The first-order valence-electron chi connectivity index (χ1n) is 4.58. The van der Waals surface area contributed by atoms with Crippen LogP contribution in [0.3, 0.4) is 0 Å². The summed E-state index contributed by atoms with van der Waals surface area (Å²) in [5.41, 5.74) is 3.12. The van der Waals surface area contributed by atoms with Gasteiger partial charge in [0.2, 0.25) is 0 Å². The number of hydrogen-bond donors (Lipinski definition) is 3. The summed E-state index contributed by atoms with van der Waals surface area (Å²) in [4.78, 5) is 2.25. The molecule has 76 valence electrons. The van der Waals surface area contributed by atoms with E-state index in [0.29, 0.717) is 0 Å². The Morgan fingerprint density at radius 1 is 1.15 bits per heavy atom. The van der Waals surface area contributed by atoms with E-state index in [9.17, 15) is 0 Å². The highest BCUT2D eigenvalue weighted by molar-refractivity contribution is 5.13. The largest absolute Gasteiger partial charge is 0.372 e. The molecule has 1 aliphatic heterocycles. The van der Waals surface area contributed by atoms with Crippen molar-refractivity contribution in [1.82, 2.24) is 26.0 Å². The molecule has 0 radical (unpaired) electrons. The molecule has 1 rings (SSSR count). The second-order valence-electron chi connectivity index (χ2n) is 2.85. The maximum Gasteiger partial charge on any atom is 0.159 e. The summed E-state index contributed by atoms with van der Waals surface area (Å²) in [5, 5.41) is 8.43. The van der Waals surface area contributed by atoms with Crippen LogP contribution in [0.5, 0.6) is 0 Å². The van der Waals surface area contributed by atoms with Gasteiger partial charge in [-0.05, 0) is 6.92 Å². The summed E-state index contributed by atoms with van der Waals surface area (Å²) in [6.45, 7) is 4.02. The van der Waals surface area contributed by atoms with Crippen LogP contribution in [-0.4, -0.2) is 44.3 Å². The molecule has 0 fully saturated rings. The van der Waals surface area contributed by atoms with E-state index in [1.165, 1.54) is 0 Å². The van der Waals surface area contributed by atoms with E-state index in [2.05, 4.69) is 32.9 Å². The van der Waals surface area contributed by atoms with E-state index in [4.69, 9.17) is 0 Å². The van der Waals surface area contributed by atoms with Crippen LogP contribution in [0, 0.1) is 0 Å².